The zero-order valence-electron chi connectivity index (χ0n) is 17.3. The van der Waals surface area contributed by atoms with Crippen LogP contribution in [0.4, 0.5) is 0 Å². The summed E-state index contributed by atoms with van der Waals surface area (Å²) < 4.78 is 28.9. The van der Waals surface area contributed by atoms with E-state index in [1.807, 2.05) is 31.2 Å². The average molecular weight is 493 g/mol. The molecule has 1 saturated carbocycles. The maximum Gasteiger partial charge on any atom is 0.243 e. The summed E-state index contributed by atoms with van der Waals surface area (Å²) in [5, 5.41) is 3.06. The van der Waals surface area contributed by atoms with E-state index < -0.39 is 10.0 Å². The van der Waals surface area contributed by atoms with E-state index in [2.05, 4.69) is 21.2 Å². The molecule has 0 unspecified atom stereocenters. The Labute approximate surface area is 188 Å². The van der Waals surface area contributed by atoms with Crippen LogP contribution in [0.1, 0.15) is 49.7 Å². The molecule has 0 bridgehead atoms. The van der Waals surface area contributed by atoms with E-state index in [0.29, 0.717) is 0 Å². The average Bonchev–Trinajstić information content (AvgIpc) is 2.98. The van der Waals surface area contributed by atoms with Gasteiger partial charge in [0.05, 0.1) is 11.4 Å². The number of carbonyl (C=O) groups is 1. The number of nitrogens with zero attached hydrogens (tertiary/aromatic N) is 1. The molecule has 2 aromatic rings. The third kappa shape index (κ3) is 6.40. The summed E-state index contributed by atoms with van der Waals surface area (Å²) in [5.41, 5.74) is 1.82. The van der Waals surface area contributed by atoms with E-state index >= 15 is 0 Å². The van der Waals surface area contributed by atoms with Crippen molar-refractivity contribution in [3.05, 3.63) is 64.1 Å². The SMILES string of the molecule is Cc1ccc(S(=O)(=O)N(CC(=O)NC2CCCCCC2)Cc2ccc(Br)cc2)cc1. The van der Waals surface area contributed by atoms with Gasteiger partial charge in [0, 0.05) is 17.1 Å². The molecule has 0 aromatic heterocycles. The fourth-order valence-electron chi connectivity index (χ4n) is 3.74. The van der Waals surface area contributed by atoms with Crippen molar-refractivity contribution in [3.8, 4) is 0 Å². The Balaban J connectivity index is 1.80. The number of carbonyl (C=O) groups excluding carboxylic acids is 1. The van der Waals surface area contributed by atoms with Crippen molar-refractivity contribution >= 4 is 31.9 Å². The number of sulfonamides is 1. The Morgan fingerprint density at radius 1 is 1.00 bits per heavy atom. The monoisotopic (exact) mass is 492 g/mol. The number of hydrogen-bond donors (Lipinski definition) is 1. The fourth-order valence-corrected chi connectivity index (χ4v) is 5.38. The van der Waals surface area contributed by atoms with Crippen LogP contribution in [0.5, 0.6) is 0 Å². The predicted octanol–water partition coefficient (Wildman–Crippen LogP) is 4.79. The molecule has 30 heavy (non-hydrogen) atoms. The van der Waals surface area contributed by atoms with E-state index in [0.717, 1.165) is 41.3 Å². The van der Waals surface area contributed by atoms with Gasteiger partial charge in [0.2, 0.25) is 15.9 Å². The number of rotatable bonds is 7. The number of hydrogen-bond acceptors (Lipinski definition) is 3. The zero-order valence-corrected chi connectivity index (χ0v) is 19.7. The molecule has 2 aromatic carbocycles. The summed E-state index contributed by atoms with van der Waals surface area (Å²) in [6, 6.07) is 14.4. The molecule has 1 aliphatic carbocycles. The van der Waals surface area contributed by atoms with Crippen LogP contribution in [-0.2, 0) is 21.4 Å². The van der Waals surface area contributed by atoms with Crippen molar-refractivity contribution in [1.29, 1.82) is 0 Å². The first-order valence-corrected chi connectivity index (χ1v) is 12.7. The number of benzene rings is 2. The maximum atomic E-state index is 13.3. The minimum absolute atomic E-state index is 0.136. The van der Waals surface area contributed by atoms with Crippen molar-refractivity contribution in [2.45, 2.75) is 62.9 Å². The van der Waals surface area contributed by atoms with Gasteiger partial charge in [-0.1, -0.05) is 71.4 Å². The molecule has 5 nitrogen and oxygen atoms in total. The third-order valence-electron chi connectivity index (χ3n) is 5.47. The second-order valence-corrected chi connectivity index (χ2v) is 10.8. The van der Waals surface area contributed by atoms with Gasteiger partial charge in [-0.2, -0.15) is 4.31 Å². The van der Waals surface area contributed by atoms with E-state index in [9.17, 15) is 13.2 Å². The van der Waals surface area contributed by atoms with Gasteiger partial charge in [-0.05, 0) is 49.6 Å². The second-order valence-electron chi connectivity index (χ2n) is 7.97. The summed E-state index contributed by atoms with van der Waals surface area (Å²) in [6.45, 7) is 1.86. The number of amides is 1. The Kier molecular flexibility index (Phi) is 8.08. The topological polar surface area (TPSA) is 66.5 Å². The van der Waals surface area contributed by atoms with Crippen molar-refractivity contribution in [2.24, 2.45) is 0 Å². The van der Waals surface area contributed by atoms with Crippen molar-refractivity contribution in [2.75, 3.05) is 6.54 Å². The number of aryl methyl sites for hydroxylation is 1. The quantitative estimate of drug-likeness (QED) is 0.565. The smallest absolute Gasteiger partial charge is 0.243 e. The molecule has 1 amide bonds. The van der Waals surface area contributed by atoms with Crippen LogP contribution in [0.2, 0.25) is 0 Å². The van der Waals surface area contributed by atoms with Crippen LogP contribution in [0.15, 0.2) is 57.9 Å². The van der Waals surface area contributed by atoms with E-state index in [1.54, 1.807) is 24.3 Å². The molecule has 7 heteroatoms. The lowest BCUT2D eigenvalue weighted by Gasteiger charge is -2.24. The molecule has 1 fully saturated rings. The fraction of sp³-hybridized carbons (Fsp3) is 0.435. The van der Waals surface area contributed by atoms with Gasteiger partial charge in [-0.25, -0.2) is 8.42 Å². The summed E-state index contributed by atoms with van der Waals surface area (Å²) in [7, 11) is -3.81. The molecule has 162 valence electrons. The Morgan fingerprint density at radius 3 is 2.20 bits per heavy atom. The van der Waals surface area contributed by atoms with Gasteiger partial charge in [-0.15, -0.1) is 0 Å². The summed E-state index contributed by atoms with van der Waals surface area (Å²) in [4.78, 5) is 13.0. The highest BCUT2D eigenvalue weighted by Gasteiger charge is 2.27. The molecule has 1 aliphatic rings. The van der Waals surface area contributed by atoms with Gasteiger partial charge in [0.25, 0.3) is 0 Å². The van der Waals surface area contributed by atoms with Crippen LogP contribution in [0, 0.1) is 6.92 Å². The summed E-state index contributed by atoms with van der Waals surface area (Å²) in [6.07, 6.45) is 6.53. The molecule has 0 radical (unpaired) electrons. The van der Waals surface area contributed by atoms with Crippen molar-refractivity contribution < 1.29 is 13.2 Å². The predicted molar refractivity (Wildman–Crippen MR) is 123 cm³/mol. The van der Waals surface area contributed by atoms with Crippen molar-refractivity contribution in [3.63, 3.8) is 0 Å². The Bertz CT molecular complexity index is 935. The molecule has 0 saturated heterocycles. The Morgan fingerprint density at radius 2 is 1.60 bits per heavy atom. The highest BCUT2D eigenvalue weighted by Crippen LogP contribution is 2.21. The largest absolute Gasteiger partial charge is 0.352 e. The molecule has 0 atom stereocenters. The van der Waals surface area contributed by atoms with Crippen LogP contribution in [0.3, 0.4) is 0 Å². The molecule has 1 N–H and O–H groups in total. The lowest BCUT2D eigenvalue weighted by Crippen LogP contribution is -2.43. The minimum atomic E-state index is -3.81. The first kappa shape index (κ1) is 23.0. The lowest BCUT2D eigenvalue weighted by molar-refractivity contribution is -0.122. The van der Waals surface area contributed by atoms with Gasteiger partial charge in [0.15, 0.2) is 0 Å². The van der Waals surface area contributed by atoms with Crippen LogP contribution >= 0.6 is 15.9 Å². The summed E-state index contributed by atoms with van der Waals surface area (Å²) >= 11 is 3.40. The standard InChI is InChI=1S/C23H29BrN2O3S/c1-18-8-14-22(15-9-18)30(28,29)26(16-19-10-12-20(24)13-11-19)17-23(27)25-21-6-4-2-3-5-7-21/h8-15,21H,2-7,16-17H2,1H3,(H,25,27). The molecule has 0 heterocycles. The van der Waals surface area contributed by atoms with Crippen LogP contribution < -0.4 is 5.32 Å². The van der Waals surface area contributed by atoms with Crippen molar-refractivity contribution in [1.82, 2.24) is 9.62 Å². The second kappa shape index (κ2) is 10.6. The molecule has 0 spiro atoms. The zero-order chi connectivity index (χ0) is 21.6. The highest BCUT2D eigenvalue weighted by atomic mass is 79.9. The Hall–Kier alpha value is -1.70. The van der Waals surface area contributed by atoms with Gasteiger partial charge < -0.3 is 5.32 Å². The van der Waals surface area contributed by atoms with E-state index in [-0.39, 0.29) is 29.9 Å². The normalized spacial score (nSPS) is 15.7. The van der Waals surface area contributed by atoms with Crippen LogP contribution in [-0.4, -0.2) is 31.2 Å². The summed E-state index contributed by atoms with van der Waals surface area (Å²) in [5.74, 6) is -0.241. The van der Waals surface area contributed by atoms with Gasteiger partial charge >= 0.3 is 0 Å². The molecule has 0 aliphatic heterocycles. The lowest BCUT2D eigenvalue weighted by atomic mass is 10.1. The maximum absolute atomic E-state index is 13.3. The van der Waals surface area contributed by atoms with Gasteiger partial charge in [0.1, 0.15) is 0 Å². The number of halogens is 1. The third-order valence-corrected chi connectivity index (χ3v) is 7.81. The first-order chi connectivity index (χ1) is 14.3. The van der Waals surface area contributed by atoms with E-state index in [1.165, 1.54) is 17.1 Å². The van der Waals surface area contributed by atoms with Crippen LogP contribution in [0.25, 0.3) is 0 Å². The minimum Gasteiger partial charge on any atom is -0.352 e. The molecular weight excluding hydrogens is 464 g/mol. The number of nitrogens with one attached hydrogen (secondary N) is 1. The first-order valence-electron chi connectivity index (χ1n) is 10.5. The molecular formula is C23H29BrN2O3S. The highest BCUT2D eigenvalue weighted by molar-refractivity contribution is 9.10. The molecule has 3 rings (SSSR count). The van der Waals surface area contributed by atoms with Gasteiger partial charge in [-0.3, -0.25) is 4.79 Å². The van der Waals surface area contributed by atoms with E-state index in [4.69, 9.17) is 0 Å².